The summed E-state index contributed by atoms with van der Waals surface area (Å²) < 4.78 is 0. The fraction of sp³-hybridized carbons (Fsp3) is 0.0556. The molecule has 0 aliphatic heterocycles. The zero-order valence-electron chi connectivity index (χ0n) is 13.2. The predicted octanol–water partition coefficient (Wildman–Crippen LogP) is 3.48. The van der Waals surface area contributed by atoms with Crippen molar-refractivity contribution in [2.24, 2.45) is 5.73 Å². The molecule has 0 radical (unpaired) electrons. The number of primary amides is 1. The molecule has 6 nitrogen and oxygen atoms in total. The smallest absolute Gasteiger partial charge is 0.316 e. The van der Waals surface area contributed by atoms with Gasteiger partial charge in [-0.15, -0.1) is 11.3 Å². The van der Waals surface area contributed by atoms with Crippen molar-refractivity contribution >= 4 is 34.6 Å². The first-order valence-corrected chi connectivity index (χ1v) is 8.44. The topological polar surface area (TPSA) is 97.1 Å². The number of anilines is 2. The zero-order valence-corrected chi connectivity index (χ0v) is 14.0. The zero-order chi connectivity index (χ0) is 17.6. The van der Waals surface area contributed by atoms with Crippen LogP contribution in [-0.2, 0) is 11.2 Å². The summed E-state index contributed by atoms with van der Waals surface area (Å²) in [5.74, 6) is -0.180. The van der Waals surface area contributed by atoms with Crippen molar-refractivity contribution in [1.29, 1.82) is 0 Å². The number of amides is 3. The van der Waals surface area contributed by atoms with Crippen LogP contribution in [-0.4, -0.2) is 16.9 Å². The Morgan fingerprint density at radius 1 is 1.00 bits per heavy atom. The predicted molar refractivity (Wildman–Crippen MR) is 99.5 cm³/mol. The minimum Gasteiger partial charge on any atom is -0.351 e. The molecule has 0 fully saturated rings. The number of carbonyl (C=O) groups excluding carboxylic acids is 2. The summed E-state index contributed by atoms with van der Waals surface area (Å²) in [5, 5.41) is 8.02. The monoisotopic (exact) mass is 352 g/mol. The molecule has 3 aromatic rings. The van der Waals surface area contributed by atoms with Crippen LogP contribution < -0.4 is 16.4 Å². The van der Waals surface area contributed by atoms with Crippen molar-refractivity contribution in [3.8, 4) is 10.6 Å². The van der Waals surface area contributed by atoms with Gasteiger partial charge in [-0.05, 0) is 18.2 Å². The van der Waals surface area contributed by atoms with E-state index >= 15 is 0 Å². The lowest BCUT2D eigenvalue weighted by molar-refractivity contribution is -0.115. The number of urea groups is 1. The summed E-state index contributed by atoms with van der Waals surface area (Å²) in [5.41, 5.74) is 7.93. The molecule has 0 bridgehead atoms. The van der Waals surface area contributed by atoms with Gasteiger partial charge >= 0.3 is 6.03 Å². The van der Waals surface area contributed by atoms with Crippen molar-refractivity contribution in [2.45, 2.75) is 6.42 Å². The van der Waals surface area contributed by atoms with Crippen LogP contribution >= 0.6 is 11.3 Å². The van der Waals surface area contributed by atoms with Crippen molar-refractivity contribution in [3.05, 3.63) is 65.7 Å². The fourth-order valence-electron chi connectivity index (χ4n) is 2.29. The molecular weight excluding hydrogens is 336 g/mol. The van der Waals surface area contributed by atoms with Crippen LogP contribution in [0.2, 0.25) is 0 Å². The fourth-order valence-corrected chi connectivity index (χ4v) is 3.11. The number of carbonyl (C=O) groups is 2. The minimum atomic E-state index is -0.653. The molecule has 126 valence electrons. The number of aromatic nitrogens is 1. The van der Waals surface area contributed by atoms with E-state index in [0.29, 0.717) is 17.1 Å². The summed E-state index contributed by atoms with van der Waals surface area (Å²) in [6.45, 7) is 0. The summed E-state index contributed by atoms with van der Waals surface area (Å²) in [7, 11) is 0. The van der Waals surface area contributed by atoms with Gasteiger partial charge in [-0.25, -0.2) is 9.78 Å². The number of nitrogens with two attached hydrogens (primary N) is 1. The van der Waals surface area contributed by atoms with E-state index in [4.69, 9.17) is 5.73 Å². The number of benzene rings is 2. The summed E-state index contributed by atoms with van der Waals surface area (Å²) >= 11 is 1.51. The van der Waals surface area contributed by atoms with Gasteiger partial charge in [0.2, 0.25) is 5.91 Å². The number of hydrogen-bond acceptors (Lipinski definition) is 4. The number of nitrogens with zero attached hydrogens (tertiary/aromatic N) is 1. The van der Waals surface area contributed by atoms with Crippen LogP contribution in [0.15, 0.2) is 60.0 Å². The Kier molecular flexibility index (Phi) is 5.06. The molecule has 0 unspecified atom stereocenters. The molecule has 2 aromatic carbocycles. The average Bonchev–Trinajstić information content (AvgIpc) is 3.03. The van der Waals surface area contributed by atoms with Crippen molar-refractivity contribution in [2.75, 3.05) is 10.6 Å². The van der Waals surface area contributed by atoms with E-state index in [1.807, 2.05) is 35.7 Å². The molecule has 1 aromatic heterocycles. The highest BCUT2D eigenvalue weighted by Gasteiger charge is 2.09. The number of rotatable bonds is 5. The highest BCUT2D eigenvalue weighted by Crippen LogP contribution is 2.23. The SMILES string of the molecule is NC(=O)Nc1cccc(NC(=O)Cc2csc(-c3ccccc3)n2)c1. The largest absolute Gasteiger partial charge is 0.351 e. The van der Waals surface area contributed by atoms with Gasteiger partial charge in [-0.1, -0.05) is 36.4 Å². The van der Waals surface area contributed by atoms with Crippen LogP contribution in [0.4, 0.5) is 16.2 Å². The Morgan fingerprint density at radius 3 is 2.44 bits per heavy atom. The van der Waals surface area contributed by atoms with Gasteiger partial charge in [0.15, 0.2) is 0 Å². The van der Waals surface area contributed by atoms with Gasteiger partial charge in [-0.2, -0.15) is 0 Å². The quantitative estimate of drug-likeness (QED) is 0.656. The second-order valence-electron chi connectivity index (χ2n) is 5.31. The van der Waals surface area contributed by atoms with Gasteiger partial charge < -0.3 is 16.4 Å². The summed E-state index contributed by atoms with van der Waals surface area (Å²) in [4.78, 5) is 27.6. The molecule has 0 saturated heterocycles. The van der Waals surface area contributed by atoms with Gasteiger partial charge in [0, 0.05) is 22.3 Å². The van der Waals surface area contributed by atoms with Crippen LogP contribution in [0, 0.1) is 0 Å². The Morgan fingerprint density at radius 2 is 1.72 bits per heavy atom. The molecule has 0 spiro atoms. The van der Waals surface area contributed by atoms with E-state index in [9.17, 15) is 9.59 Å². The first-order valence-electron chi connectivity index (χ1n) is 7.56. The van der Waals surface area contributed by atoms with Gasteiger partial charge in [0.05, 0.1) is 12.1 Å². The number of nitrogens with one attached hydrogen (secondary N) is 2. The highest BCUT2D eigenvalue weighted by molar-refractivity contribution is 7.13. The van der Waals surface area contributed by atoms with E-state index in [-0.39, 0.29) is 12.3 Å². The molecular formula is C18H16N4O2S. The Labute approximate surface area is 148 Å². The maximum atomic E-state index is 12.2. The number of hydrogen-bond donors (Lipinski definition) is 3. The van der Waals surface area contributed by atoms with Crippen LogP contribution in [0.3, 0.4) is 0 Å². The van der Waals surface area contributed by atoms with E-state index < -0.39 is 6.03 Å². The van der Waals surface area contributed by atoms with E-state index in [2.05, 4.69) is 15.6 Å². The molecule has 0 saturated carbocycles. The third kappa shape index (κ3) is 4.65. The average molecular weight is 352 g/mol. The third-order valence-corrected chi connectivity index (χ3v) is 4.27. The lowest BCUT2D eigenvalue weighted by Gasteiger charge is -2.07. The Bertz CT molecular complexity index is 893. The molecule has 4 N–H and O–H groups in total. The molecule has 0 aliphatic carbocycles. The number of thiazole rings is 1. The molecule has 3 rings (SSSR count). The lowest BCUT2D eigenvalue weighted by Crippen LogP contribution is -2.19. The molecule has 0 atom stereocenters. The molecule has 1 heterocycles. The summed E-state index contributed by atoms with van der Waals surface area (Å²) in [6, 6.07) is 16.0. The molecule has 3 amide bonds. The third-order valence-electron chi connectivity index (χ3n) is 3.33. The van der Waals surface area contributed by atoms with Crippen LogP contribution in [0.25, 0.3) is 10.6 Å². The van der Waals surface area contributed by atoms with Crippen LogP contribution in [0.5, 0.6) is 0 Å². The van der Waals surface area contributed by atoms with Crippen molar-refractivity contribution in [3.63, 3.8) is 0 Å². The van der Waals surface area contributed by atoms with Gasteiger partial charge in [0.1, 0.15) is 5.01 Å². The second kappa shape index (κ2) is 7.59. The standard InChI is InChI=1S/C18H16N4O2S/c19-18(24)22-14-8-4-7-13(9-14)20-16(23)10-15-11-25-17(21-15)12-5-2-1-3-6-12/h1-9,11H,10H2,(H,20,23)(H3,19,22,24). The van der Waals surface area contributed by atoms with Gasteiger partial charge in [0.25, 0.3) is 0 Å². The van der Waals surface area contributed by atoms with Crippen LogP contribution in [0.1, 0.15) is 5.69 Å². The van der Waals surface area contributed by atoms with Crippen molar-refractivity contribution < 1.29 is 9.59 Å². The second-order valence-corrected chi connectivity index (χ2v) is 6.16. The van der Waals surface area contributed by atoms with Gasteiger partial charge in [-0.3, -0.25) is 4.79 Å². The first kappa shape index (κ1) is 16.7. The maximum absolute atomic E-state index is 12.2. The lowest BCUT2D eigenvalue weighted by atomic mass is 10.2. The normalized spacial score (nSPS) is 10.2. The maximum Gasteiger partial charge on any atom is 0.316 e. The molecule has 25 heavy (non-hydrogen) atoms. The first-order chi connectivity index (χ1) is 12.1. The molecule has 0 aliphatic rings. The Balaban J connectivity index is 1.63. The Hall–Kier alpha value is -3.19. The van der Waals surface area contributed by atoms with Crippen molar-refractivity contribution in [1.82, 2.24) is 4.98 Å². The minimum absolute atomic E-state index is 0.177. The van der Waals surface area contributed by atoms with E-state index in [1.165, 1.54) is 11.3 Å². The van der Waals surface area contributed by atoms with E-state index in [1.54, 1.807) is 24.3 Å². The van der Waals surface area contributed by atoms with E-state index in [0.717, 1.165) is 10.6 Å². The summed E-state index contributed by atoms with van der Waals surface area (Å²) in [6.07, 6.45) is 0.177. The highest BCUT2D eigenvalue weighted by atomic mass is 32.1. The molecule has 7 heteroatoms.